The minimum absolute atomic E-state index is 0.212. The van der Waals surface area contributed by atoms with Crippen LogP contribution in [0.2, 0.25) is 15.1 Å². The molecule has 31 heavy (non-hydrogen) atoms. The van der Waals surface area contributed by atoms with E-state index in [1.165, 1.54) is 12.1 Å². The number of halogens is 4. The van der Waals surface area contributed by atoms with Gasteiger partial charge in [0.25, 0.3) is 0 Å². The van der Waals surface area contributed by atoms with Gasteiger partial charge in [-0.15, -0.1) is 0 Å². The molecule has 1 aromatic heterocycles. The first kappa shape index (κ1) is 22.4. The SMILES string of the molecule is Fc1ccc(CCC2(Cn3ccnc3)OCC(COc3c(Cl)cc(Cl)cc3Cl)O2)cc1. The first-order valence-electron chi connectivity index (χ1n) is 9.72. The van der Waals surface area contributed by atoms with Gasteiger partial charge in [0.1, 0.15) is 18.5 Å². The smallest absolute Gasteiger partial charge is 0.187 e. The Morgan fingerprint density at radius 3 is 2.58 bits per heavy atom. The van der Waals surface area contributed by atoms with Gasteiger partial charge in [0.2, 0.25) is 0 Å². The summed E-state index contributed by atoms with van der Waals surface area (Å²) in [4.78, 5) is 4.09. The molecule has 0 aliphatic carbocycles. The van der Waals surface area contributed by atoms with Crippen molar-refractivity contribution in [3.8, 4) is 5.75 Å². The third-order valence-corrected chi connectivity index (χ3v) is 5.76. The van der Waals surface area contributed by atoms with Gasteiger partial charge in [0.15, 0.2) is 11.5 Å². The van der Waals surface area contributed by atoms with Crippen LogP contribution in [0.5, 0.6) is 5.75 Å². The Kier molecular flexibility index (Phi) is 7.04. The van der Waals surface area contributed by atoms with Gasteiger partial charge in [-0.1, -0.05) is 46.9 Å². The molecule has 0 saturated carbocycles. The maximum atomic E-state index is 13.2. The summed E-state index contributed by atoms with van der Waals surface area (Å²) in [6.45, 7) is 1.03. The number of hydrogen-bond donors (Lipinski definition) is 0. The fraction of sp³-hybridized carbons (Fsp3) is 0.318. The lowest BCUT2D eigenvalue weighted by molar-refractivity contribution is -0.184. The molecule has 2 atom stereocenters. The summed E-state index contributed by atoms with van der Waals surface area (Å²) in [5.41, 5.74) is 0.998. The molecule has 0 spiro atoms. The summed E-state index contributed by atoms with van der Waals surface area (Å²) < 4.78 is 33.4. The van der Waals surface area contributed by atoms with Gasteiger partial charge in [0, 0.05) is 23.8 Å². The largest absolute Gasteiger partial charge is 0.488 e. The van der Waals surface area contributed by atoms with E-state index < -0.39 is 5.79 Å². The molecule has 9 heteroatoms. The Morgan fingerprint density at radius 2 is 1.90 bits per heavy atom. The van der Waals surface area contributed by atoms with Crippen molar-refractivity contribution >= 4 is 34.8 Å². The van der Waals surface area contributed by atoms with E-state index in [0.717, 1.165) is 5.56 Å². The number of aryl methyl sites for hydroxylation is 1. The van der Waals surface area contributed by atoms with Crippen LogP contribution in [0.1, 0.15) is 12.0 Å². The van der Waals surface area contributed by atoms with Gasteiger partial charge in [-0.25, -0.2) is 9.37 Å². The van der Waals surface area contributed by atoms with Crippen LogP contribution >= 0.6 is 34.8 Å². The second kappa shape index (κ2) is 9.76. The van der Waals surface area contributed by atoms with Crippen molar-refractivity contribution in [3.05, 3.63) is 81.6 Å². The zero-order chi connectivity index (χ0) is 21.8. The Hall–Kier alpha value is -1.83. The van der Waals surface area contributed by atoms with Crippen molar-refractivity contribution in [2.45, 2.75) is 31.3 Å². The molecule has 2 heterocycles. The van der Waals surface area contributed by atoms with E-state index in [-0.39, 0.29) is 18.5 Å². The molecule has 4 rings (SSSR count). The van der Waals surface area contributed by atoms with E-state index in [1.54, 1.807) is 36.8 Å². The molecule has 3 aromatic rings. The van der Waals surface area contributed by atoms with Crippen molar-refractivity contribution in [1.82, 2.24) is 9.55 Å². The van der Waals surface area contributed by atoms with Crippen molar-refractivity contribution in [2.24, 2.45) is 0 Å². The van der Waals surface area contributed by atoms with Crippen LogP contribution in [0.3, 0.4) is 0 Å². The number of rotatable bonds is 8. The summed E-state index contributed by atoms with van der Waals surface area (Å²) in [6, 6.07) is 9.57. The molecule has 164 valence electrons. The quantitative estimate of drug-likeness (QED) is 0.404. The fourth-order valence-corrected chi connectivity index (χ4v) is 4.41. The van der Waals surface area contributed by atoms with E-state index in [9.17, 15) is 4.39 Å². The lowest BCUT2D eigenvalue weighted by atomic mass is 10.0. The average Bonchev–Trinajstić information content (AvgIpc) is 3.37. The zero-order valence-corrected chi connectivity index (χ0v) is 18.7. The maximum absolute atomic E-state index is 13.2. The zero-order valence-electron chi connectivity index (χ0n) is 16.4. The summed E-state index contributed by atoms with van der Waals surface area (Å²) in [6.07, 6.45) is 6.19. The van der Waals surface area contributed by atoms with Gasteiger partial charge in [-0.05, 0) is 36.2 Å². The predicted molar refractivity (Wildman–Crippen MR) is 117 cm³/mol. The lowest BCUT2D eigenvalue weighted by Crippen LogP contribution is -2.37. The van der Waals surface area contributed by atoms with Crippen LogP contribution in [0.25, 0.3) is 0 Å². The molecule has 1 aliphatic heterocycles. The van der Waals surface area contributed by atoms with Crippen LogP contribution in [0, 0.1) is 5.82 Å². The van der Waals surface area contributed by atoms with Gasteiger partial charge >= 0.3 is 0 Å². The minimum Gasteiger partial charge on any atom is -0.488 e. The Morgan fingerprint density at radius 1 is 1.16 bits per heavy atom. The topological polar surface area (TPSA) is 45.5 Å². The molecule has 1 aliphatic rings. The summed E-state index contributed by atoms with van der Waals surface area (Å²) >= 11 is 18.3. The number of benzene rings is 2. The monoisotopic (exact) mass is 484 g/mol. The standard InChI is InChI=1S/C22H20Cl3FN2O3/c23-16-9-19(24)21(20(25)10-16)29-11-18-12-30-22(31-18,13-28-8-7-27-14-28)6-5-15-1-3-17(26)4-2-15/h1-4,7-10,14,18H,5-6,11-13H2. The molecule has 2 unspecified atom stereocenters. The van der Waals surface area contributed by atoms with Crippen molar-refractivity contribution in [1.29, 1.82) is 0 Å². The van der Waals surface area contributed by atoms with Crippen molar-refractivity contribution < 1.29 is 18.6 Å². The van der Waals surface area contributed by atoms with Crippen LogP contribution < -0.4 is 4.74 Å². The average molecular weight is 486 g/mol. The van der Waals surface area contributed by atoms with Gasteiger partial charge < -0.3 is 18.8 Å². The molecule has 2 aromatic carbocycles. The predicted octanol–water partition coefficient (Wildman–Crippen LogP) is 5.81. The fourth-order valence-electron chi connectivity index (χ4n) is 3.48. The molecule has 1 fully saturated rings. The molecule has 0 bridgehead atoms. The second-order valence-electron chi connectivity index (χ2n) is 7.33. The van der Waals surface area contributed by atoms with Gasteiger partial charge in [-0.3, -0.25) is 0 Å². The number of ether oxygens (including phenoxy) is 3. The highest BCUT2D eigenvalue weighted by molar-refractivity contribution is 6.40. The van der Waals surface area contributed by atoms with Crippen LogP contribution in [-0.2, 0) is 22.4 Å². The number of imidazole rings is 1. The first-order valence-corrected chi connectivity index (χ1v) is 10.9. The molecule has 1 saturated heterocycles. The Labute approximate surface area is 194 Å². The Balaban J connectivity index is 1.43. The maximum Gasteiger partial charge on any atom is 0.187 e. The van der Waals surface area contributed by atoms with Crippen molar-refractivity contribution in [3.63, 3.8) is 0 Å². The molecule has 0 N–H and O–H groups in total. The number of hydrogen-bond acceptors (Lipinski definition) is 4. The molecule has 0 radical (unpaired) electrons. The number of aromatic nitrogens is 2. The van der Waals surface area contributed by atoms with Crippen LogP contribution in [0.4, 0.5) is 4.39 Å². The molecular weight excluding hydrogens is 466 g/mol. The van der Waals surface area contributed by atoms with E-state index >= 15 is 0 Å². The first-order chi connectivity index (χ1) is 14.9. The van der Waals surface area contributed by atoms with E-state index in [4.69, 9.17) is 49.0 Å². The second-order valence-corrected chi connectivity index (χ2v) is 8.58. The third kappa shape index (κ3) is 5.70. The molecular formula is C22H20Cl3FN2O3. The summed E-state index contributed by atoms with van der Waals surface area (Å²) in [7, 11) is 0. The summed E-state index contributed by atoms with van der Waals surface area (Å²) in [5, 5.41) is 1.10. The third-order valence-electron chi connectivity index (χ3n) is 4.98. The normalized spacial score (nSPS) is 20.8. The highest BCUT2D eigenvalue weighted by Gasteiger charge is 2.42. The van der Waals surface area contributed by atoms with Crippen LogP contribution in [-0.4, -0.2) is 34.7 Å². The summed E-state index contributed by atoms with van der Waals surface area (Å²) in [5.74, 6) is -0.770. The van der Waals surface area contributed by atoms with Crippen LogP contribution in [0.15, 0.2) is 55.1 Å². The Bertz CT molecular complexity index is 994. The molecule has 5 nitrogen and oxygen atoms in total. The highest BCUT2D eigenvalue weighted by Crippen LogP contribution is 2.37. The van der Waals surface area contributed by atoms with Crippen molar-refractivity contribution in [2.75, 3.05) is 13.2 Å². The molecule has 0 amide bonds. The van der Waals surface area contributed by atoms with Gasteiger partial charge in [-0.2, -0.15) is 0 Å². The van der Waals surface area contributed by atoms with E-state index in [2.05, 4.69) is 4.98 Å². The minimum atomic E-state index is -0.864. The highest BCUT2D eigenvalue weighted by atomic mass is 35.5. The van der Waals surface area contributed by atoms with E-state index in [1.807, 2.05) is 10.8 Å². The van der Waals surface area contributed by atoms with Gasteiger partial charge in [0.05, 0.1) is 29.5 Å². The van der Waals surface area contributed by atoms with E-state index in [0.29, 0.717) is 46.8 Å². The lowest BCUT2D eigenvalue weighted by Gasteiger charge is -2.28. The number of nitrogens with zero attached hydrogens (tertiary/aromatic N) is 2.